The molecule has 3 aromatic rings. The summed E-state index contributed by atoms with van der Waals surface area (Å²) < 4.78 is 27.7. The second-order valence-electron chi connectivity index (χ2n) is 7.56. The highest BCUT2D eigenvalue weighted by atomic mass is 35.5. The standard InChI is InChI=1S/C22H22ClN5O3S/c1-27-9-11-28(12-10-27)32(30,31)18-4-2-3-16(13-18)19-14-25-22(24)20(26-19)21(29)15-5-7-17(23)8-6-15/h2-8,13-14H,9-12H2,1H3,(H2,24,25). The zero-order valence-corrected chi connectivity index (χ0v) is 19.0. The van der Waals surface area contributed by atoms with Crippen molar-refractivity contribution in [1.82, 2.24) is 19.2 Å². The minimum absolute atomic E-state index is 0.00264. The molecule has 8 nitrogen and oxygen atoms in total. The van der Waals surface area contributed by atoms with E-state index in [1.54, 1.807) is 48.5 Å². The maximum absolute atomic E-state index is 13.1. The van der Waals surface area contributed by atoms with Crippen molar-refractivity contribution in [2.75, 3.05) is 39.0 Å². The van der Waals surface area contributed by atoms with Crippen LogP contribution in [0.3, 0.4) is 0 Å². The molecule has 0 spiro atoms. The number of carbonyl (C=O) groups excluding carboxylic acids is 1. The molecule has 0 saturated carbocycles. The van der Waals surface area contributed by atoms with Gasteiger partial charge in [0.1, 0.15) is 0 Å². The molecule has 1 fully saturated rings. The van der Waals surface area contributed by atoms with Gasteiger partial charge < -0.3 is 10.6 Å². The lowest BCUT2D eigenvalue weighted by molar-refractivity contribution is 0.103. The van der Waals surface area contributed by atoms with E-state index in [-0.39, 0.29) is 16.4 Å². The fourth-order valence-corrected chi connectivity index (χ4v) is 5.03. The Morgan fingerprint density at radius 3 is 2.44 bits per heavy atom. The number of nitrogens with zero attached hydrogens (tertiary/aromatic N) is 4. The first-order valence-electron chi connectivity index (χ1n) is 9.97. The number of aromatic nitrogens is 2. The molecule has 1 aromatic heterocycles. The van der Waals surface area contributed by atoms with Gasteiger partial charge in [-0.3, -0.25) is 4.79 Å². The van der Waals surface area contributed by atoms with Crippen molar-refractivity contribution < 1.29 is 13.2 Å². The van der Waals surface area contributed by atoms with Gasteiger partial charge >= 0.3 is 0 Å². The monoisotopic (exact) mass is 471 g/mol. The minimum atomic E-state index is -3.64. The fraction of sp³-hybridized carbons (Fsp3) is 0.227. The van der Waals surface area contributed by atoms with Crippen LogP contribution in [0.25, 0.3) is 11.3 Å². The van der Waals surface area contributed by atoms with Crippen molar-refractivity contribution in [3.63, 3.8) is 0 Å². The lowest BCUT2D eigenvalue weighted by Crippen LogP contribution is -2.47. The van der Waals surface area contributed by atoms with E-state index in [4.69, 9.17) is 17.3 Å². The Hall–Kier alpha value is -2.85. The second kappa shape index (κ2) is 8.95. The maximum atomic E-state index is 13.1. The molecule has 1 saturated heterocycles. The van der Waals surface area contributed by atoms with Crippen LogP contribution in [-0.4, -0.2) is 66.6 Å². The van der Waals surface area contributed by atoms with Crippen molar-refractivity contribution in [2.45, 2.75) is 4.90 Å². The van der Waals surface area contributed by atoms with Gasteiger partial charge in [0.15, 0.2) is 11.5 Å². The molecule has 0 aliphatic carbocycles. The second-order valence-corrected chi connectivity index (χ2v) is 9.93. The normalized spacial score (nSPS) is 15.6. The van der Waals surface area contributed by atoms with E-state index >= 15 is 0 Å². The third-order valence-corrected chi connectivity index (χ3v) is 7.50. The van der Waals surface area contributed by atoms with Gasteiger partial charge in [-0.2, -0.15) is 4.31 Å². The molecule has 10 heteroatoms. The summed E-state index contributed by atoms with van der Waals surface area (Å²) in [5, 5.41) is 0.507. The van der Waals surface area contributed by atoms with Gasteiger partial charge in [0, 0.05) is 42.3 Å². The van der Waals surface area contributed by atoms with Gasteiger partial charge in [-0.1, -0.05) is 23.7 Å². The van der Waals surface area contributed by atoms with Crippen molar-refractivity contribution in [3.8, 4) is 11.3 Å². The third kappa shape index (κ3) is 4.51. The topological polar surface area (TPSA) is 109 Å². The summed E-state index contributed by atoms with van der Waals surface area (Å²) in [4.78, 5) is 23.7. The number of hydrogen-bond donors (Lipinski definition) is 1. The molecule has 1 aliphatic heterocycles. The number of nitrogen functional groups attached to an aromatic ring is 1. The number of benzene rings is 2. The van der Waals surface area contributed by atoms with Gasteiger partial charge in [-0.05, 0) is 43.4 Å². The van der Waals surface area contributed by atoms with Gasteiger partial charge in [0.05, 0.1) is 16.8 Å². The maximum Gasteiger partial charge on any atom is 0.243 e. The number of likely N-dealkylation sites (N-methyl/N-ethyl adjacent to an activating group) is 1. The van der Waals surface area contributed by atoms with E-state index in [9.17, 15) is 13.2 Å². The van der Waals surface area contributed by atoms with E-state index < -0.39 is 15.8 Å². The molecule has 32 heavy (non-hydrogen) atoms. The van der Waals surface area contributed by atoms with Gasteiger partial charge in [0.2, 0.25) is 15.8 Å². The quantitative estimate of drug-likeness (QED) is 0.569. The third-order valence-electron chi connectivity index (χ3n) is 5.35. The van der Waals surface area contributed by atoms with Crippen LogP contribution in [0.15, 0.2) is 59.6 Å². The van der Waals surface area contributed by atoms with E-state index in [1.165, 1.54) is 10.5 Å². The van der Waals surface area contributed by atoms with Crippen LogP contribution in [0.5, 0.6) is 0 Å². The number of nitrogens with two attached hydrogens (primary N) is 1. The van der Waals surface area contributed by atoms with Crippen LogP contribution < -0.4 is 5.73 Å². The first-order valence-corrected chi connectivity index (χ1v) is 11.8. The Morgan fingerprint density at radius 1 is 1.06 bits per heavy atom. The molecule has 0 radical (unpaired) electrons. The summed E-state index contributed by atoms with van der Waals surface area (Å²) in [5.41, 5.74) is 7.17. The molecule has 2 N–H and O–H groups in total. The highest BCUT2D eigenvalue weighted by molar-refractivity contribution is 7.89. The van der Waals surface area contributed by atoms with Crippen LogP contribution in [0.1, 0.15) is 16.1 Å². The summed E-state index contributed by atoms with van der Waals surface area (Å²) in [6, 6.07) is 12.9. The van der Waals surface area contributed by atoms with Crippen LogP contribution in [0, 0.1) is 0 Å². The average molecular weight is 472 g/mol. The summed E-state index contributed by atoms with van der Waals surface area (Å²) in [7, 11) is -1.68. The zero-order valence-electron chi connectivity index (χ0n) is 17.4. The molecule has 1 aliphatic rings. The molecule has 2 heterocycles. The number of piperazine rings is 1. The molecule has 2 aromatic carbocycles. The van der Waals surface area contributed by atoms with Crippen LogP contribution in [0.4, 0.5) is 5.82 Å². The Morgan fingerprint density at radius 2 is 1.75 bits per heavy atom. The first-order chi connectivity index (χ1) is 15.3. The van der Waals surface area contributed by atoms with E-state index in [0.717, 1.165) is 0 Å². The molecule has 0 atom stereocenters. The number of hydrogen-bond acceptors (Lipinski definition) is 7. The number of anilines is 1. The Kier molecular flexibility index (Phi) is 6.25. The Balaban J connectivity index is 1.67. The van der Waals surface area contributed by atoms with Crippen molar-refractivity contribution in [2.24, 2.45) is 0 Å². The van der Waals surface area contributed by atoms with Crippen molar-refractivity contribution >= 4 is 33.2 Å². The summed E-state index contributed by atoms with van der Waals surface area (Å²) in [6.07, 6.45) is 1.43. The summed E-state index contributed by atoms with van der Waals surface area (Å²) in [6.45, 7) is 2.23. The minimum Gasteiger partial charge on any atom is -0.382 e. The lowest BCUT2D eigenvalue weighted by Gasteiger charge is -2.31. The van der Waals surface area contributed by atoms with Gasteiger partial charge in [-0.15, -0.1) is 0 Å². The SMILES string of the molecule is CN1CCN(S(=O)(=O)c2cccc(-c3cnc(N)c(C(=O)c4ccc(Cl)cc4)n3)c2)CC1. The number of carbonyl (C=O) groups is 1. The van der Waals surface area contributed by atoms with E-state index in [1.807, 2.05) is 7.05 Å². The average Bonchev–Trinajstić information content (AvgIpc) is 2.80. The van der Waals surface area contributed by atoms with Crippen LogP contribution in [0.2, 0.25) is 5.02 Å². The van der Waals surface area contributed by atoms with Crippen molar-refractivity contribution in [1.29, 1.82) is 0 Å². The lowest BCUT2D eigenvalue weighted by atomic mass is 10.1. The highest BCUT2D eigenvalue weighted by Crippen LogP contribution is 2.25. The predicted octanol–water partition coefficient (Wildman–Crippen LogP) is 2.55. The molecule has 0 bridgehead atoms. The summed E-state index contributed by atoms with van der Waals surface area (Å²) >= 11 is 5.89. The molecule has 0 amide bonds. The Labute approximate surface area is 191 Å². The Bertz CT molecular complexity index is 1260. The number of halogens is 1. The molecular weight excluding hydrogens is 450 g/mol. The van der Waals surface area contributed by atoms with Gasteiger partial charge in [-0.25, -0.2) is 18.4 Å². The smallest absolute Gasteiger partial charge is 0.243 e. The molecular formula is C22H22ClN5O3S. The van der Waals surface area contributed by atoms with Crippen LogP contribution >= 0.6 is 11.6 Å². The summed E-state index contributed by atoms with van der Waals surface area (Å²) in [5.74, 6) is -0.398. The first kappa shape index (κ1) is 22.3. The van der Waals surface area contributed by atoms with Crippen molar-refractivity contribution in [3.05, 3.63) is 71.0 Å². The number of ketones is 1. The fourth-order valence-electron chi connectivity index (χ4n) is 3.44. The predicted molar refractivity (Wildman–Crippen MR) is 123 cm³/mol. The number of rotatable bonds is 5. The van der Waals surface area contributed by atoms with Crippen LogP contribution in [-0.2, 0) is 10.0 Å². The highest BCUT2D eigenvalue weighted by Gasteiger charge is 2.28. The molecule has 4 rings (SSSR count). The molecule has 0 unspecified atom stereocenters. The van der Waals surface area contributed by atoms with E-state index in [2.05, 4.69) is 14.9 Å². The largest absolute Gasteiger partial charge is 0.382 e. The molecule has 166 valence electrons. The van der Waals surface area contributed by atoms with E-state index in [0.29, 0.717) is 48.0 Å². The zero-order chi connectivity index (χ0) is 22.9. The number of sulfonamides is 1. The van der Waals surface area contributed by atoms with Gasteiger partial charge in [0.25, 0.3) is 0 Å².